The summed E-state index contributed by atoms with van der Waals surface area (Å²) >= 11 is 0. The van der Waals surface area contributed by atoms with Gasteiger partial charge in [0, 0.05) is 58.0 Å². The van der Waals surface area contributed by atoms with Gasteiger partial charge in [0.2, 0.25) is 5.95 Å². The fraction of sp³-hybridized carbons (Fsp3) is 0.375. The zero-order valence-corrected chi connectivity index (χ0v) is 19.6. The number of fused-ring (bicyclic) bond motifs is 3. The lowest BCUT2D eigenvalue weighted by atomic mass is 10.1. The number of aromatic nitrogens is 4. The van der Waals surface area contributed by atoms with Crippen LogP contribution in [0.1, 0.15) is 11.3 Å². The third-order valence-corrected chi connectivity index (χ3v) is 6.33. The third-order valence-electron chi connectivity index (χ3n) is 6.33. The summed E-state index contributed by atoms with van der Waals surface area (Å²) < 4.78 is 21.4. The van der Waals surface area contributed by atoms with E-state index in [1.165, 1.54) is 6.07 Å². The summed E-state index contributed by atoms with van der Waals surface area (Å²) in [7, 11) is 3.82. The number of nitrogens with zero attached hydrogens (tertiary/aromatic N) is 7. The molecule has 2 N–H and O–H groups in total. The second kappa shape index (κ2) is 8.94. The molecule has 1 unspecified atom stereocenters. The van der Waals surface area contributed by atoms with Crippen LogP contribution in [0.5, 0.6) is 5.75 Å². The van der Waals surface area contributed by atoms with Gasteiger partial charge in [-0.15, -0.1) is 0 Å². The van der Waals surface area contributed by atoms with E-state index in [0.29, 0.717) is 12.4 Å². The maximum absolute atomic E-state index is 13.8. The van der Waals surface area contributed by atoms with E-state index < -0.39 is 0 Å². The van der Waals surface area contributed by atoms with Crippen molar-refractivity contribution in [2.24, 2.45) is 0 Å². The van der Waals surface area contributed by atoms with Crippen molar-refractivity contribution in [1.29, 1.82) is 0 Å². The zero-order valence-electron chi connectivity index (χ0n) is 19.6. The first-order valence-electron chi connectivity index (χ1n) is 11.3. The van der Waals surface area contributed by atoms with Gasteiger partial charge in [-0.2, -0.15) is 15.1 Å². The molecule has 4 heterocycles. The van der Waals surface area contributed by atoms with Gasteiger partial charge in [-0.05, 0) is 19.1 Å². The van der Waals surface area contributed by atoms with Crippen molar-refractivity contribution < 1.29 is 9.13 Å². The van der Waals surface area contributed by atoms with Crippen LogP contribution in [0, 0.1) is 12.7 Å². The largest absolute Gasteiger partial charge is 0.489 e. The second-order valence-electron chi connectivity index (χ2n) is 8.87. The first-order chi connectivity index (χ1) is 16.4. The molecule has 34 heavy (non-hydrogen) atoms. The predicted molar refractivity (Wildman–Crippen MR) is 131 cm³/mol. The zero-order chi connectivity index (χ0) is 23.8. The minimum absolute atomic E-state index is 0.212. The van der Waals surface area contributed by atoms with Crippen LogP contribution in [-0.4, -0.2) is 77.6 Å². The van der Waals surface area contributed by atoms with Crippen molar-refractivity contribution >= 4 is 23.5 Å². The summed E-state index contributed by atoms with van der Waals surface area (Å²) in [5.41, 5.74) is 8.75. The van der Waals surface area contributed by atoms with Gasteiger partial charge in [0.25, 0.3) is 0 Å². The number of nitrogen functional groups attached to an aromatic ring is 1. The Balaban J connectivity index is 1.24. The first kappa shape index (κ1) is 22.1. The topological polar surface area (TPSA) is 88.6 Å². The highest BCUT2D eigenvalue weighted by Gasteiger charge is 2.32. The standard InChI is InChI=1S/C24H29FN8O/c1-16-17(13-27-33(16)23-12-22(30(2)3)28-24(26)29-23)5-4-8-31-9-10-32-19(14-31)15-34-21-7-6-18(25)11-20(21)32/h4-7,11-13,19H,8-10,14-15H2,1-3H3,(H2,26,28,29). The van der Waals surface area contributed by atoms with Crippen LogP contribution in [0.25, 0.3) is 11.9 Å². The van der Waals surface area contributed by atoms with Gasteiger partial charge in [-0.1, -0.05) is 12.2 Å². The predicted octanol–water partition coefficient (Wildman–Crippen LogP) is 2.35. The molecular weight excluding hydrogens is 435 g/mol. The molecule has 2 aliphatic rings. The van der Waals surface area contributed by atoms with Crippen LogP contribution in [0.4, 0.5) is 21.8 Å². The second-order valence-corrected chi connectivity index (χ2v) is 8.87. The first-order valence-corrected chi connectivity index (χ1v) is 11.3. The summed E-state index contributed by atoms with van der Waals surface area (Å²) in [6, 6.07) is 6.82. The van der Waals surface area contributed by atoms with Crippen molar-refractivity contribution in [3.05, 3.63) is 53.6 Å². The van der Waals surface area contributed by atoms with Gasteiger partial charge in [0.1, 0.15) is 24.0 Å². The van der Waals surface area contributed by atoms with E-state index in [1.807, 2.05) is 38.2 Å². The Morgan fingerprint density at radius 2 is 2.09 bits per heavy atom. The fourth-order valence-corrected chi connectivity index (χ4v) is 4.49. The normalized spacial score (nSPS) is 18.0. The molecule has 0 aliphatic carbocycles. The molecule has 3 aromatic rings. The van der Waals surface area contributed by atoms with Crippen molar-refractivity contribution in [2.75, 3.05) is 62.4 Å². The van der Waals surface area contributed by atoms with E-state index in [0.717, 1.165) is 54.7 Å². The SMILES string of the molecule is Cc1c(C=CCN2CCN3c4cc(F)ccc4OCC3C2)cnn1-c1cc(N(C)C)nc(N)n1. The minimum atomic E-state index is -0.230. The third kappa shape index (κ3) is 4.28. The molecule has 0 saturated carbocycles. The summed E-state index contributed by atoms with van der Waals surface area (Å²) in [4.78, 5) is 15.1. The quantitative estimate of drug-likeness (QED) is 0.616. The van der Waals surface area contributed by atoms with Gasteiger partial charge in [0.15, 0.2) is 5.82 Å². The number of hydrogen-bond donors (Lipinski definition) is 1. The smallest absolute Gasteiger partial charge is 0.224 e. The van der Waals surface area contributed by atoms with E-state index in [2.05, 4.69) is 37.0 Å². The molecule has 10 heteroatoms. The van der Waals surface area contributed by atoms with Crippen molar-refractivity contribution in [3.8, 4) is 11.6 Å². The average Bonchev–Trinajstić information content (AvgIpc) is 3.18. The number of rotatable bonds is 5. The van der Waals surface area contributed by atoms with E-state index in [9.17, 15) is 4.39 Å². The minimum Gasteiger partial charge on any atom is -0.489 e. The molecule has 2 aliphatic heterocycles. The molecule has 1 atom stereocenters. The van der Waals surface area contributed by atoms with Gasteiger partial charge >= 0.3 is 0 Å². The highest BCUT2D eigenvalue weighted by atomic mass is 19.1. The molecule has 2 aromatic heterocycles. The number of halogens is 1. The van der Waals surface area contributed by atoms with Gasteiger partial charge in [-0.25, -0.2) is 9.07 Å². The number of ether oxygens (including phenoxy) is 1. The average molecular weight is 465 g/mol. The highest BCUT2D eigenvalue weighted by Crippen LogP contribution is 2.35. The van der Waals surface area contributed by atoms with Crippen LogP contribution in [0.3, 0.4) is 0 Å². The monoisotopic (exact) mass is 464 g/mol. The highest BCUT2D eigenvalue weighted by molar-refractivity contribution is 5.61. The molecule has 9 nitrogen and oxygen atoms in total. The molecule has 5 rings (SSSR count). The molecule has 178 valence electrons. The molecule has 1 aromatic carbocycles. The number of piperazine rings is 1. The summed E-state index contributed by atoms with van der Waals surface area (Å²) in [6.07, 6.45) is 6.07. The van der Waals surface area contributed by atoms with Gasteiger partial charge in [-0.3, -0.25) is 4.90 Å². The number of anilines is 3. The van der Waals surface area contributed by atoms with Gasteiger partial charge < -0.3 is 20.3 Å². The maximum atomic E-state index is 13.8. The van der Waals surface area contributed by atoms with Crippen molar-refractivity contribution in [2.45, 2.75) is 13.0 Å². The molecule has 0 radical (unpaired) electrons. The molecule has 0 bridgehead atoms. The Kier molecular flexibility index (Phi) is 5.82. The van der Waals surface area contributed by atoms with Crippen LogP contribution in [0.15, 0.2) is 36.5 Å². The molecule has 0 spiro atoms. The number of nitrogens with two attached hydrogens (primary N) is 1. The Morgan fingerprint density at radius 3 is 2.91 bits per heavy atom. The molecule has 1 fully saturated rings. The van der Waals surface area contributed by atoms with E-state index in [4.69, 9.17) is 10.5 Å². The lowest BCUT2D eigenvalue weighted by molar-refractivity contribution is 0.177. The molecule has 0 amide bonds. The molecular formula is C24H29FN8O. The van der Waals surface area contributed by atoms with E-state index >= 15 is 0 Å². The number of benzene rings is 1. The Morgan fingerprint density at radius 1 is 1.24 bits per heavy atom. The van der Waals surface area contributed by atoms with Crippen molar-refractivity contribution in [3.63, 3.8) is 0 Å². The fourth-order valence-electron chi connectivity index (χ4n) is 4.49. The van der Waals surface area contributed by atoms with Crippen LogP contribution in [-0.2, 0) is 0 Å². The summed E-state index contributed by atoms with van der Waals surface area (Å²) in [5, 5.41) is 4.51. The maximum Gasteiger partial charge on any atom is 0.224 e. The van der Waals surface area contributed by atoms with Crippen LogP contribution >= 0.6 is 0 Å². The van der Waals surface area contributed by atoms with Gasteiger partial charge in [0.05, 0.1) is 23.6 Å². The van der Waals surface area contributed by atoms with E-state index in [-0.39, 0.29) is 17.8 Å². The Hall–Kier alpha value is -3.66. The molecule has 1 saturated heterocycles. The number of hydrogen-bond acceptors (Lipinski definition) is 8. The Bertz CT molecular complexity index is 1220. The summed E-state index contributed by atoms with van der Waals surface area (Å²) in [5.74, 6) is 2.11. The van der Waals surface area contributed by atoms with E-state index in [1.54, 1.807) is 16.8 Å². The van der Waals surface area contributed by atoms with Crippen LogP contribution in [0.2, 0.25) is 0 Å². The van der Waals surface area contributed by atoms with Crippen molar-refractivity contribution in [1.82, 2.24) is 24.6 Å². The summed E-state index contributed by atoms with van der Waals surface area (Å²) in [6.45, 7) is 6.06. The Labute approximate surface area is 198 Å². The lowest BCUT2D eigenvalue weighted by Gasteiger charge is -2.45. The lowest BCUT2D eigenvalue weighted by Crippen LogP contribution is -2.57. The van der Waals surface area contributed by atoms with Crippen LogP contribution < -0.4 is 20.3 Å².